The van der Waals surface area contributed by atoms with E-state index in [1.165, 1.54) is 24.8 Å². The number of methoxy groups -OCH3 is 1. The van der Waals surface area contributed by atoms with Gasteiger partial charge in [-0.2, -0.15) is 5.10 Å². The highest BCUT2D eigenvalue weighted by Crippen LogP contribution is 2.22. The van der Waals surface area contributed by atoms with Gasteiger partial charge in [-0.3, -0.25) is 5.10 Å². The summed E-state index contributed by atoms with van der Waals surface area (Å²) in [6, 6.07) is 0. The topological polar surface area (TPSA) is 92.8 Å². The number of nitrogens with zero attached hydrogens (tertiary/aromatic N) is 3. The first kappa shape index (κ1) is 12.5. The Hall–Kier alpha value is -1.96. The third kappa shape index (κ3) is 2.83. The van der Waals surface area contributed by atoms with Crippen LogP contribution in [-0.4, -0.2) is 39.8 Å². The number of carbonyl (C=O) groups excluding carboxylic acids is 1. The predicted molar refractivity (Wildman–Crippen MR) is 66.8 cm³/mol. The molecule has 18 heavy (non-hydrogen) atoms. The van der Waals surface area contributed by atoms with Gasteiger partial charge in [0.15, 0.2) is 10.8 Å². The number of hydrogen-bond acceptors (Lipinski definition) is 7. The number of anilines is 1. The van der Waals surface area contributed by atoms with Crippen LogP contribution in [-0.2, 0) is 11.2 Å². The molecular formula is C10H13N5O2S. The molecule has 0 radical (unpaired) electrons. The van der Waals surface area contributed by atoms with E-state index < -0.39 is 5.97 Å². The summed E-state index contributed by atoms with van der Waals surface area (Å²) in [5.41, 5.74) is 0.365. The van der Waals surface area contributed by atoms with Crippen molar-refractivity contribution < 1.29 is 9.53 Å². The highest BCUT2D eigenvalue weighted by atomic mass is 32.1. The zero-order valence-corrected chi connectivity index (χ0v) is 10.9. The van der Waals surface area contributed by atoms with Gasteiger partial charge in [-0.1, -0.05) is 0 Å². The van der Waals surface area contributed by atoms with Crippen molar-refractivity contribution in [3.05, 3.63) is 22.7 Å². The molecule has 0 aliphatic carbocycles. The van der Waals surface area contributed by atoms with E-state index in [2.05, 4.69) is 30.2 Å². The smallest absolute Gasteiger partial charge is 0.357 e. The Labute approximate surface area is 108 Å². The van der Waals surface area contributed by atoms with Crippen molar-refractivity contribution in [2.24, 2.45) is 0 Å². The van der Waals surface area contributed by atoms with Gasteiger partial charge in [-0.25, -0.2) is 14.8 Å². The molecule has 0 aliphatic heterocycles. The van der Waals surface area contributed by atoms with Crippen LogP contribution >= 0.6 is 11.3 Å². The largest absolute Gasteiger partial charge is 0.464 e. The normalized spacial score (nSPS) is 10.3. The van der Waals surface area contributed by atoms with Crippen LogP contribution in [0.2, 0.25) is 0 Å². The number of esters is 1. The average Bonchev–Trinajstić information content (AvgIpc) is 2.98. The van der Waals surface area contributed by atoms with Gasteiger partial charge in [0, 0.05) is 17.8 Å². The highest BCUT2D eigenvalue weighted by molar-refractivity contribution is 7.15. The Balaban J connectivity index is 1.92. The molecule has 2 heterocycles. The van der Waals surface area contributed by atoms with E-state index in [-0.39, 0.29) is 0 Å². The Kier molecular flexibility index (Phi) is 3.88. The van der Waals surface area contributed by atoms with E-state index in [9.17, 15) is 4.79 Å². The molecule has 0 saturated heterocycles. The molecule has 0 aliphatic rings. The lowest BCUT2D eigenvalue weighted by molar-refractivity contribution is 0.0594. The van der Waals surface area contributed by atoms with Crippen molar-refractivity contribution in [2.75, 3.05) is 19.0 Å². The summed E-state index contributed by atoms with van der Waals surface area (Å²) in [6.07, 6.45) is 2.18. The predicted octanol–water partition coefficient (Wildman–Crippen LogP) is 1.01. The van der Waals surface area contributed by atoms with Crippen molar-refractivity contribution in [3.63, 3.8) is 0 Å². The second kappa shape index (κ2) is 5.58. The van der Waals surface area contributed by atoms with Gasteiger partial charge in [0.25, 0.3) is 0 Å². The molecule has 0 spiro atoms. The summed E-state index contributed by atoms with van der Waals surface area (Å²) in [4.78, 5) is 20.4. The van der Waals surface area contributed by atoms with Crippen LogP contribution in [0.25, 0.3) is 0 Å². The summed E-state index contributed by atoms with van der Waals surface area (Å²) in [6.45, 7) is 2.51. The van der Waals surface area contributed by atoms with Gasteiger partial charge in [0.1, 0.15) is 12.2 Å². The number of thiazole rings is 1. The molecule has 96 valence electrons. The minimum Gasteiger partial charge on any atom is -0.464 e. The molecule has 2 rings (SSSR count). The molecule has 0 fully saturated rings. The molecule has 0 aromatic carbocycles. The number of hydrogen-bond donors (Lipinski definition) is 2. The summed E-state index contributed by atoms with van der Waals surface area (Å²) in [5, 5.41) is 10.4. The number of H-pyrrole nitrogens is 1. The number of aromatic nitrogens is 4. The summed E-state index contributed by atoms with van der Waals surface area (Å²) in [7, 11) is 1.35. The van der Waals surface area contributed by atoms with E-state index in [0.717, 1.165) is 10.7 Å². The standard InChI is InChI=1S/C10H13N5O2S/c1-6-8(9(16)17-2)14-10(18-6)11-4-3-7-12-5-13-15-7/h5H,3-4H2,1-2H3,(H,11,14)(H,12,13,15). The molecule has 2 aromatic heterocycles. The van der Waals surface area contributed by atoms with E-state index in [1.807, 2.05) is 6.92 Å². The maximum absolute atomic E-state index is 11.4. The Morgan fingerprint density at radius 1 is 1.61 bits per heavy atom. The second-order valence-electron chi connectivity index (χ2n) is 3.52. The maximum atomic E-state index is 11.4. The van der Waals surface area contributed by atoms with Crippen molar-refractivity contribution in [2.45, 2.75) is 13.3 Å². The first-order valence-corrected chi connectivity index (χ1v) is 6.16. The Morgan fingerprint density at radius 2 is 2.44 bits per heavy atom. The van der Waals surface area contributed by atoms with E-state index in [1.54, 1.807) is 0 Å². The van der Waals surface area contributed by atoms with Crippen LogP contribution in [0.3, 0.4) is 0 Å². The van der Waals surface area contributed by atoms with E-state index in [4.69, 9.17) is 0 Å². The summed E-state index contributed by atoms with van der Waals surface area (Å²) in [5.74, 6) is 0.399. The summed E-state index contributed by atoms with van der Waals surface area (Å²) < 4.78 is 4.65. The maximum Gasteiger partial charge on any atom is 0.357 e. The van der Waals surface area contributed by atoms with Gasteiger partial charge < -0.3 is 10.1 Å². The van der Waals surface area contributed by atoms with E-state index in [0.29, 0.717) is 23.8 Å². The number of carbonyl (C=O) groups is 1. The van der Waals surface area contributed by atoms with Gasteiger partial charge in [-0.15, -0.1) is 11.3 Å². The molecule has 7 nitrogen and oxygen atoms in total. The van der Waals surface area contributed by atoms with Gasteiger partial charge in [0.2, 0.25) is 0 Å². The van der Waals surface area contributed by atoms with Crippen LogP contribution in [0.5, 0.6) is 0 Å². The Bertz CT molecular complexity index is 522. The number of rotatable bonds is 5. The number of nitrogens with one attached hydrogen (secondary N) is 2. The average molecular weight is 267 g/mol. The van der Waals surface area contributed by atoms with Crippen LogP contribution in [0, 0.1) is 6.92 Å². The summed E-state index contributed by atoms with van der Waals surface area (Å²) >= 11 is 1.43. The molecule has 8 heteroatoms. The number of aryl methyl sites for hydroxylation is 1. The van der Waals surface area contributed by atoms with Crippen LogP contribution in [0.1, 0.15) is 21.2 Å². The van der Waals surface area contributed by atoms with Crippen LogP contribution in [0.15, 0.2) is 6.33 Å². The van der Waals surface area contributed by atoms with Gasteiger partial charge in [0.05, 0.1) is 7.11 Å². The third-order valence-corrected chi connectivity index (χ3v) is 3.21. The lowest BCUT2D eigenvalue weighted by Gasteiger charge is -1.99. The highest BCUT2D eigenvalue weighted by Gasteiger charge is 2.15. The SMILES string of the molecule is COC(=O)c1nc(NCCc2ncn[nH]2)sc1C. The van der Waals surface area contributed by atoms with Crippen molar-refractivity contribution in [1.82, 2.24) is 20.2 Å². The minimum absolute atomic E-state index is 0.365. The van der Waals surface area contributed by atoms with Gasteiger partial charge in [-0.05, 0) is 6.92 Å². The fraction of sp³-hybridized carbons (Fsp3) is 0.400. The quantitative estimate of drug-likeness (QED) is 0.785. The van der Waals surface area contributed by atoms with Gasteiger partial charge >= 0.3 is 5.97 Å². The Morgan fingerprint density at radius 3 is 3.11 bits per heavy atom. The van der Waals surface area contributed by atoms with E-state index >= 15 is 0 Å². The molecular weight excluding hydrogens is 254 g/mol. The fourth-order valence-corrected chi connectivity index (χ4v) is 2.22. The monoisotopic (exact) mass is 267 g/mol. The molecule has 0 bridgehead atoms. The zero-order valence-electron chi connectivity index (χ0n) is 10.1. The van der Waals surface area contributed by atoms with Crippen molar-refractivity contribution in [3.8, 4) is 0 Å². The zero-order chi connectivity index (χ0) is 13.0. The fourth-order valence-electron chi connectivity index (χ4n) is 1.40. The second-order valence-corrected chi connectivity index (χ2v) is 4.73. The first-order valence-electron chi connectivity index (χ1n) is 5.34. The van der Waals surface area contributed by atoms with Crippen molar-refractivity contribution >= 4 is 22.4 Å². The molecule has 0 amide bonds. The third-order valence-electron chi connectivity index (χ3n) is 2.28. The van der Waals surface area contributed by atoms with Crippen LogP contribution in [0.4, 0.5) is 5.13 Å². The lowest BCUT2D eigenvalue weighted by Crippen LogP contribution is -2.07. The number of aromatic amines is 1. The molecule has 0 saturated carbocycles. The molecule has 2 N–H and O–H groups in total. The van der Waals surface area contributed by atoms with Crippen molar-refractivity contribution in [1.29, 1.82) is 0 Å². The minimum atomic E-state index is -0.410. The number of ether oxygens (including phenoxy) is 1. The first-order chi connectivity index (χ1) is 8.70. The molecule has 2 aromatic rings. The van der Waals surface area contributed by atoms with Crippen LogP contribution < -0.4 is 5.32 Å². The molecule has 0 unspecified atom stereocenters. The molecule has 0 atom stereocenters. The lowest BCUT2D eigenvalue weighted by atomic mass is 10.4.